The fourth-order valence-corrected chi connectivity index (χ4v) is 3.92. The van der Waals surface area contributed by atoms with Crippen LogP contribution in [0.4, 0.5) is 0 Å². The lowest BCUT2D eigenvalue weighted by atomic mass is 10.6. The molecule has 0 aromatic heterocycles. The zero-order valence-electron chi connectivity index (χ0n) is 35.5. The number of hydrogen-bond donors (Lipinski definition) is 2. The van der Waals surface area contributed by atoms with Crippen LogP contribution in [0.25, 0.3) is 0 Å². The van der Waals surface area contributed by atoms with Crippen LogP contribution in [-0.4, -0.2) is 262 Å². The molecular weight excluding hydrogens is 792 g/mol. The lowest BCUT2D eigenvalue weighted by Crippen LogP contribution is -2.15. The SMILES string of the molecule is OCCOCCOCCOCCOCCOCCOCCOCCOCCOCOCOCCOCCOCCOCCOCCOCCOCCOCCOCCO. The van der Waals surface area contributed by atoms with Crippen molar-refractivity contribution in [1.29, 1.82) is 0 Å². The Hall–Kier alpha value is -0.840. The van der Waals surface area contributed by atoms with Crippen LogP contribution >= 0.6 is 0 Å². The molecule has 0 bridgehead atoms. The molecular formula is C38H78O21. The van der Waals surface area contributed by atoms with Crippen molar-refractivity contribution < 1.29 is 100 Å². The summed E-state index contributed by atoms with van der Waals surface area (Å²) >= 11 is 0. The third kappa shape index (κ3) is 57.2. The number of aliphatic hydroxyl groups excluding tert-OH is 2. The van der Waals surface area contributed by atoms with E-state index in [2.05, 4.69) is 0 Å². The van der Waals surface area contributed by atoms with E-state index >= 15 is 0 Å². The summed E-state index contributed by atoms with van der Waals surface area (Å²) in [5.74, 6) is 0. The highest BCUT2D eigenvalue weighted by atomic mass is 16.7. The summed E-state index contributed by atoms with van der Waals surface area (Å²) in [5, 5.41) is 17.2. The first kappa shape index (κ1) is 58.2. The third-order valence-corrected chi connectivity index (χ3v) is 6.76. The normalized spacial score (nSPS) is 11.7. The second kappa shape index (κ2) is 57.2. The van der Waals surface area contributed by atoms with Crippen molar-refractivity contribution in [3.05, 3.63) is 0 Å². The molecule has 0 aromatic rings. The molecule has 0 saturated carbocycles. The van der Waals surface area contributed by atoms with Gasteiger partial charge >= 0.3 is 0 Å². The van der Waals surface area contributed by atoms with Gasteiger partial charge < -0.3 is 100 Å². The van der Waals surface area contributed by atoms with Crippen LogP contribution in [0.15, 0.2) is 0 Å². The topological polar surface area (TPSA) is 216 Å². The summed E-state index contributed by atoms with van der Waals surface area (Å²) in [4.78, 5) is 0. The average molecular weight is 871 g/mol. The molecule has 21 nitrogen and oxygen atoms in total. The van der Waals surface area contributed by atoms with Gasteiger partial charge in [-0.25, -0.2) is 0 Å². The first-order valence-electron chi connectivity index (χ1n) is 20.6. The van der Waals surface area contributed by atoms with Crippen molar-refractivity contribution in [1.82, 2.24) is 0 Å². The lowest BCUT2D eigenvalue weighted by Gasteiger charge is -2.09. The van der Waals surface area contributed by atoms with E-state index in [4.69, 9.17) is 100 Å². The van der Waals surface area contributed by atoms with Crippen LogP contribution in [0.5, 0.6) is 0 Å². The smallest absolute Gasteiger partial charge is 0.149 e. The van der Waals surface area contributed by atoms with E-state index in [1.165, 1.54) is 0 Å². The molecule has 0 saturated heterocycles. The highest BCUT2D eigenvalue weighted by Gasteiger charge is 1.98. The summed E-state index contributed by atoms with van der Waals surface area (Å²) in [6.45, 7) is 16.1. The van der Waals surface area contributed by atoms with Crippen LogP contribution in [0, 0.1) is 0 Å². The Balaban J connectivity index is 3.06. The highest BCUT2D eigenvalue weighted by Crippen LogP contribution is 1.89. The van der Waals surface area contributed by atoms with Gasteiger partial charge in [-0.1, -0.05) is 0 Å². The molecule has 0 aliphatic carbocycles. The van der Waals surface area contributed by atoms with Crippen molar-refractivity contribution in [3.63, 3.8) is 0 Å². The summed E-state index contributed by atoms with van der Waals surface area (Å²) in [5.41, 5.74) is 0. The zero-order chi connectivity index (χ0) is 42.3. The van der Waals surface area contributed by atoms with Gasteiger partial charge in [0.15, 0.2) is 0 Å². The Kier molecular flexibility index (Phi) is 56.3. The van der Waals surface area contributed by atoms with Crippen molar-refractivity contribution in [2.75, 3.05) is 251 Å². The molecule has 0 aliphatic heterocycles. The van der Waals surface area contributed by atoms with Crippen LogP contribution in [0.3, 0.4) is 0 Å². The number of hydrogen-bond acceptors (Lipinski definition) is 21. The van der Waals surface area contributed by atoms with E-state index in [0.717, 1.165) is 0 Å². The maximum absolute atomic E-state index is 8.59. The predicted octanol–water partition coefficient (Wildman–Crippen LogP) is -0.799. The zero-order valence-corrected chi connectivity index (χ0v) is 35.5. The van der Waals surface area contributed by atoms with E-state index in [1.54, 1.807) is 0 Å². The largest absolute Gasteiger partial charge is 0.394 e. The predicted molar refractivity (Wildman–Crippen MR) is 210 cm³/mol. The molecule has 0 aromatic carbocycles. The summed E-state index contributed by atoms with van der Waals surface area (Å²) < 4.78 is 102. The Labute approximate surface area is 351 Å². The second-order valence-electron chi connectivity index (χ2n) is 11.5. The molecule has 59 heavy (non-hydrogen) atoms. The molecule has 0 aliphatic rings. The van der Waals surface area contributed by atoms with E-state index < -0.39 is 0 Å². The Morgan fingerprint density at radius 2 is 0.254 bits per heavy atom. The van der Waals surface area contributed by atoms with Crippen LogP contribution < -0.4 is 0 Å². The van der Waals surface area contributed by atoms with Crippen molar-refractivity contribution >= 4 is 0 Å². The average Bonchev–Trinajstić information content (AvgIpc) is 3.25. The third-order valence-electron chi connectivity index (χ3n) is 6.76. The molecule has 0 rings (SSSR count). The molecule has 0 spiro atoms. The molecule has 356 valence electrons. The van der Waals surface area contributed by atoms with Gasteiger partial charge in [0.25, 0.3) is 0 Å². The fraction of sp³-hybridized carbons (Fsp3) is 1.00. The van der Waals surface area contributed by atoms with Gasteiger partial charge in [0.05, 0.1) is 238 Å². The van der Waals surface area contributed by atoms with E-state index in [9.17, 15) is 0 Å². The lowest BCUT2D eigenvalue weighted by molar-refractivity contribution is -0.142. The van der Waals surface area contributed by atoms with E-state index in [-0.39, 0.29) is 26.8 Å². The van der Waals surface area contributed by atoms with Crippen LogP contribution in [-0.2, 0) is 90.0 Å². The van der Waals surface area contributed by atoms with Gasteiger partial charge in [0.2, 0.25) is 0 Å². The first-order chi connectivity index (χ1) is 29.4. The minimum Gasteiger partial charge on any atom is -0.394 e. The van der Waals surface area contributed by atoms with Crippen LogP contribution in [0.2, 0.25) is 0 Å². The quantitative estimate of drug-likeness (QED) is 0.0565. The number of aliphatic hydroxyl groups is 2. The summed E-state index contributed by atoms with van der Waals surface area (Å²) in [6, 6.07) is 0. The molecule has 0 unspecified atom stereocenters. The molecule has 0 atom stereocenters. The minimum absolute atomic E-state index is 0.0183. The van der Waals surface area contributed by atoms with Gasteiger partial charge in [-0.3, -0.25) is 0 Å². The Bertz CT molecular complexity index is 664. The second-order valence-corrected chi connectivity index (χ2v) is 11.5. The van der Waals surface area contributed by atoms with Crippen molar-refractivity contribution in [2.45, 2.75) is 0 Å². The van der Waals surface area contributed by atoms with Crippen LogP contribution in [0.1, 0.15) is 0 Å². The summed E-state index contributed by atoms with van der Waals surface area (Å²) in [6.07, 6.45) is 0. The number of ether oxygens (including phenoxy) is 19. The first-order valence-corrected chi connectivity index (χ1v) is 20.6. The van der Waals surface area contributed by atoms with Gasteiger partial charge in [0.1, 0.15) is 13.6 Å². The summed E-state index contributed by atoms with van der Waals surface area (Å²) in [7, 11) is 0. The van der Waals surface area contributed by atoms with Gasteiger partial charge in [-0.05, 0) is 0 Å². The van der Waals surface area contributed by atoms with Gasteiger partial charge in [-0.15, -0.1) is 0 Å². The van der Waals surface area contributed by atoms with Gasteiger partial charge in [0, 0.05) is 0 Å². The van der Waals surface area contributed by atoms with Crippen molar-refractivity contribution in [2.24, 2.45) is 0 Å². The Morgan fingerprint density at radius 1 is 0.136 bits per heavy atom. The molecule has 0 radical (unpaired) electrons. The maximum atomic E-state index is 8.59. The van der Waals surface area contributed by atoms with Gasteiger partial charge in [-0.2, -0.15) is 0 Å². The molecule has 21 heteroatoms. The van der Waals surface area contributed by atoms with Crippen molar-refractivity contribution in [3.8, 4) is 0 Å². The Morgan fingerprint density at radius 3 is 0.390 bits per heavy atom. The monoisotopic (exact) mass is 871 g/mol. The standard InChI is InChI=1S/C38H78O21/c39-1-3-41-5-7-43-9-11-45-13-15-47-17-19-49-21-23-51-25-27-53-29-31-55-33-35-57-37-59-38-58-36-34-56-32-30-54-28-26-52-24-22-50-20-18-48-16-14-46-12-10-44-8-6-42-4-2-40/h39-40H,1-38H2. The molecule has 2 N–H and O–H groups in total. The van der Waals surface area contributed by atoms with E-state index in [0.29, 0.717) is 225 Å². The van der Waals surface area contributed by atoms with E-state index in [1.807, 2.05) is 0 Å². The maximum Gasteiger partial charge on any atom is 0.149 e. The number of rotatable bonds is 56. The highest BCUT2D eigenvalue weighted by molar-refractivity contribution is 4.40. The molecule has 0 fully saturated rings. The molecule has 0 amide bonds. The molecule has 0 heterocycles. The fourth-order valence-electron chi connectivity index (χ4n) is 3.92. The minimum atomic E-state index is 0.0183.